The average Bonchev–Trinajstić information content (AvgIpc) is 3.70. The van der Waals surface area contributed by atoms with E-state index in [1.807, 2.05) is 104 Å². The van der Waals surface area contributed by atoms with Crippen LogP contribution in [0.5, 0.6) is 5.75 Å². The molecule has 0 amide bonds. The van der Waals surface area contributed by atoms with Crippen molar-refractivity contribution in [2.75, 3.05) is 0 Å². The minimum absolute atomic E-state index is 0. The maximum Gasteiger partial charge on any atom is 0.142 e. The van der Waals surface area contributed by atoms with E-state index in [4.69, 9.17) is 9.40 Å². The SMILES string of the molecule is Oc1c(-c2cn(-c3ccccc3)c(-c3[c-]cccc3)n2)cc2c(oc3ccccc32)c1C/C=C\Cc1cncc2ccccc12.[Pt]. The monoisotopic (exact) mass is 777 g/mol. The van der Waals surface area contributed by atoms with E-state index in [9.17, 15) is 5.11 Å². The topological polar surface area (TPSA) is 64.1 Å². The Morgan fingerprint density at radius 2 is 1.54 bits per heavy atom. The third-order valence-corrected chi connectivity index (χ3v) is 8.28. The second kappa shape index (κ2) is 12.6. The van der Waals surface area contributed by atoms with Crippen molar-refractivity contribution in [2.45, 2.75) is 12.8 Å². The van der Waals surface area contributed by atoms with Gasteiger partial charge >= 0.3 is 0 Å². The predicted octanol–water partition coefficient (Wildman–Crippen LogP) is 9.50. The Morgan fingerprint density at radius 1 is 0.783 bits per heavy atom. The minimum atomic E-state index is 0. The Morgan fingerprint density at radius 3 is 2.39 bits per heavy atom. The molecule has 0 radical (unpaired) electrons. The van der Waals surface area contributed by atoms with Crippen molar-refractivity contribution in [1.82, 2.24) is 14.5 Å². The van der Waals surface area contributed by atoms with Gasteiger partial charge in [0.1, 0.15) is 16.9 Å². The normalized spacial score (nSPS) is 11.5. The van der Waals surface area contributed by atoms with Crippen LogP contribution in [0, 0.1) is 6.07 Å². The number of fused-ring (bicyclic) bond motifs is 4. The number of aromatic hydroxyl groups is 1. The molecule has 0 bridgehead atoms. The summed E-state index contributed by atoms with van der Waals surface area (Å²) in [6, 6.07) is 39.5. The molecule has 0 aliphatic heterocycles. The standard InChI is InChI=1S/C40H28N3O2.Pt/c44-38-33(21-10-8-16-29-25-41-24-28-15-7-9-19-31(28)29)39-34(32-20-11-12-22-37(32)45-39)23-35(38)36-26-43(30-17-5-2-6-18-30)40(42-36)27-13-3-1-4-14-27;/h1-13,15,17-20,22-26,44H,16,21H2;/q-1;/b10-8-;. The molecule has 8 rings (SSSR count). The third kappa shape index (κ3) is 5.33. The van der Waals surface area contributed by atoms with Crippen molar-refractivity contribution in [2.24, 2.45) is 0 Å². The first-order valence-electron chi connectivity index (χ1n) is 15.0. The molecule has 1 N–H and O–H groups in total. The summed E-state index contributed by atoms with van der Waals surface area (Å²) in [5.41, 5.74) is 6.53. The minimum Gasteiger partial charge on any atom is -0.507 e. The molecule has 46 heavy (non-hydrogen) atoms. The van der Waals surface area contributed by atoms with Crippen LogP contribution in [0.1, 0.15) is 11.1 Å². The van der Waals surface area contributed by atoms with Crippen LogP contribution in [0.3, 0.4) is 0 Å². The van der Waals surface area contributed by atoms with Gasteiger partial charge in [0, 0.05) is 72.6 Å². The second-order valence-corrected chi connectivity index (χ2v) is 11.1. The smallest absolute Gasteiger partial charge is 0.142 e. The molecular weight excluding hydrogens is 750 g/mol. The number of imidazole rings is 1. The maximum atomic E-state index is 11.9. The van der Waals surface area contributed by atoms with E-state index in [1.165, 1.54) is 5.39 Å². The van der Waals surface area contributed by atoms with Crippen molar-refractivity contribution < 1.29 is 30.6 Å². The molecular formula is C40H28N3O2Pt-. The molecule has 0 atom stereocenters. The summed E-state index contributed by atoms with van der Waals surface area (Å²) < 4.78 is 8.41. The summed E-state index contributed by atoms with van der Waals surface area (Å²) in [5, 5.41) is 16.2. The molecule has 3 heterocycles. The Hall–Kier alpha value is -5.25. The van der Waals surface area contributed by atoms with Gasteiger partial charge in [-0.1, -0.05) is 72.8 Å². The number of phenolic OH excluding ortho intramolecular Hbond substituents is 1. The number of para-hydroxylation sites is 2. The summed E-state index contributed by atoms with van der Waals surface area (Å²) in [6.45, 7) is 0. The molecule has 0 fully saturated rings. The average molecular weight is 778 g/mol. The van der Waals surface area contributed by atoms with Gasteiger partial charge in [-0.25, -0.2) is 0 Å². The molecule has 0 unspecified atom stereocenters. The van der Waals surface area contributed by atoms with Gasteiger partial charge in [-0.3, -0.25) is 9.97 Å². The Bertz CT molecular complexity index is 2280. The largest absolute Gasteiger partial charge is 0.507 e. The fourth-order valence-corrected chi connectivity index (χ4v) is 6.07. The van der Waals surface area contributed by atoms with Gasteiger partial charge in [0.2, 0.25) is 0 Å². The van der Waals surface area contributed by atoms with Gasteiger partial charge in [0.25, 0.3) is 0 Å². The number of aromatic nitrogens is 3. The molecule has 226 valence electrons. The number of nitrogens with zero attached hydrogens (tertiary/aromatic N) is 3. The summed E-state index contributed by atoms with van der Waals surface area (Å²) in [7, 11) is 0. The van der Waals surface area contributed by atoms with Crippen molar-refractivity contribution in [3.63, 3.8) is 0 Å². The summed E-state index contributed by atoms with van der Waals surface area (Å²) >= 11 is 0. The second-order valence-electron chi connectivity index (χ2n) is 11.1. The van der Waals surface area contributed by atoms with Crippen molar-refractivity contribution in [3.8, 4) is 34.1 Å². The van der Waals surface area contributed by atoms with Gasteiger partial charge in [0.15, 0.2) is 0 Å². The van der Waals surface area contributed by atoms with E-state index in [2.05, 4.69) is 52.0 Å². The quantitative estimate of drug-likeness (QED) is 0.129. The predicted molar refractivity (Wildman–Crippen MR) is 181 cm³/mol. The molecule has 6 heteroatoms. The Balaban J connectivity index is 0.00000338. The molecule has 5 aromatic carbocycles. The fourth-order valence-electron chi connectivity index (χ4n) is 6.07. The van der Waals surface area contributed by atoms with Gasteiger partial charge in [-0.15, -0.1) is 35.9 Å². The van der Waals surface area contributed by atoms with E-state index in [0.717, 1.165) is 56.4 Å². The van der Waals surface area contributed by atoms with E-state index in [0.29, 0.717) is 23.3 Å². The van der Waals surface area contributed by atoms with E-state index >= 15 is 0 Å². The first-order chi connectivity index (χ1) is 22.2. The molecule has 0 saturated carbocycles. The van der Waals surface area contributed by atoms with Gasteiger partial charge in [0.05, 0.1) is 11.5 Å². The molecule has 0 saturated heterocycles. The molecule has 5 nitrogen and oxygen atoms in total. The third-order valence-electron chi connectivity index (χ3n) is 8.28. The van der Waals surface area contributed by atoms with Crippen molar-refractivity contribution in [3.05, 3.63) is 157 Å². The number of hydrogen-bond acceptors (Lipinski definition) is 4. The number of phenols is 1. The Labute approximate surface area is 280 Å². The fraction of sp³-hybridized carbons (Fsp3) is 0.0500. The van der Waals surface area contributed by atoms with Gasteiger partial charge in [-0.2, -0.15) is 0 Å². The van der Waals surface area contributed by atoms with Crippen LogP contribution >= 0.6 is 0 Å². The van der Waals surface area contributed by atoms with Crippen LogP contribution in [-0.4, -0.2) is 19.6 Å². The zero-order chi connectivity index (χ0) is 30.2. The first-order valence-corrected chi connectivity index (χ1v) is 15.0. The number of hydrogen-bond donors (Lipinski definition) is 1. The number of pyridine rings is 1. The summed E-state index contributed by atoms with van der Waals surface area (Å²) in [6.07, 6.45) is 11.3. The zero-order valence-electron chi connectivity index (χ0n) is 24.7. The molecule has 8 aromatic rings. The van der Waals surface area contributed by atoms with Gasteiger partial charge in [-0.05, 0) is 48.1 Å². The zero-order valence-corrected chi connectivity index (χ0v) is 27.0. The van der Waals surface area contributed by atoms with Crippen LogP contribution in [0.4, 0.5) is 0 Å². The van der Waals surface area contributed by atoms with E-state index in [-0.39, 0.29) is 26.8 Å². The summed E-state index contributed by atoms with van der Waals surface area (Å²) in [5.74, 6) is 0.915. The Kier molecular flexibility index (Phi) is 8.09. The van der Waals surface area contributed by atoms with Crippen LogP contribution in [0.15, 0.2) is 144 Å². The van der Waals surface area contributed by atoms with Gasteiger partial charge < -0.3 is 14.1 Å². The molecule has 0 aliphatic rings. The van der Waals surface area contributed by atoms with E-state index in [1.54, 1.807) is 0 Å². The maximum absolute atomic E-state index is 11.9. The van der Waals surface area contributed by atoms with E-state index < -0.39 is 0 Å². The number of benzene rings is 5. The number of furan rings is 1. The first kappa shape index (κ1) is 29.5. The summed E-state index contributed by atoms with van der Waals surface area (Å²) in [4.78, 5) is 9.51. The number of allylic oxidation sites excluding steroid dienone is 2. The van der Waals surface area contributed by atoms with Crippen LogP contribution < -0.4 is 0 Å². The van der Waals surface area contributed by atoms with Crippen LogP contribution in [0.25, 0.3) is 61.0 Å². The molecule has 3 aromatic heterocycles. The van der Waals surface area contributed by atoms with Crippen LogP contribution in [0.2, 0.25) is 0 Å². The van der Waals surface area contributed by atoms with Crippen molar-refractivity contribution in [1.29, 1.82) is 0 Å². The molecule has 0 spiro atoms. The van der Waals surface area contributed by atoms with Crippen LogP contribution in [-0.2, 0) is 33.9 Å². The molecule has 0 aliphatic carbocycles. The van der Waals surface area contributed by atoms with Crippen molar-refractivity contribution >= 4 is 32.7 Å². The number of rotatable bonds is 7.